The molecule has 0 fully saturated rings. The van der Waals surface area contributed by atoms with E-state index in [1.165, 1.54) is 5.56 Å². The summed E-state index contributed by atoms with van der Waals surface area (Å²) in [5.74, 6) is 1.39. The first-order valence-electron chi connectivity index (χ1n) is 9.63. The maximum absolute atomic E-state index is 6.50. The van der Waals surface area contributed by atoms with Gasteiger partial charge in [-0.05, 0) is 42.6 Å². The highest BCUT2D eigenvalue weighted by Gasteiger charge is 2.11. The normalized spacial score (nSPS) is 10.6. The number of hydrogen-bond donors (Lipinski definition) is 1. The molecule has 0 aliphatic rings. The van der Waals surface area contributed by atoms with Crippen molar-refractivity contribution in [3.8, 4) is 11.5 Å². The third kappa shape index (κ3) is 6.01. The molecule has 0 aliphatic carbocycles. The number of ether oxygens (including phenoxy) is 2. The Kier molecular flexibility index (Phi) is 7.77. The third-order valence-electron chi connectivity index (χ3n) is 4.40. The summed E-state index contributed by atoms with van der Waals surface area (Å²) < 4.78 is 11.8. The Morgan fingerprint density at radius 1 is 0.821 bits per heavy atom. The molecule has 0 radical (unpaired) electrons. The lowest BCUT2D eigenvalue weighted by Gasteiger charge is -2.15. The first-order chi connectivity index (χ1) is 13.8. The lowest BCUT2D eigenvalue weighted by molar-refractivity contribution is 0.269. The Hall–Kier alpha value is -2.49. The molecule has 0 unspecified atom stereocenters. The van der Waals surface area contributed by atoms with Gasteiger partial charge in [-0.3, -0.25) is 0 Å². The maximum atomic E-state index is 6.50. The van der Waals surface area contributed by atoms with Crippen molar-refractivity contribution in [3.63, 3.8) is 0 Å². The Morgan fingerprint density at radius 2 is 1.46 bits per heavy atom. The quantitative estimate of drug-likeness (QED) is 0.450. The highest BCUT2D eigenvalue weighted by molar-refractivity contribution is 6.31. The second-order valence-corrected chi connectivity index (χ2v) is 6.92. The van der Waals surface area contributed by atoms with E-state index in [9.17, 15) is 0 Å². The van der Waals surface area contributed by atoms with Gasteiger partial charge in [-0.1, -0.05) is 72.3 Å². The fourth-order valence-corrected chi connectivity index (χ4v) is 3.15. The molecule has 0 saturated heterocycles. The summed E-state index contributed by atoms with van der Waals surface area (Å²) >= 11 is 6.50. The lowest BCUT2D eigenvalue weighted by Crippen LogP contribution is -2.17. The molecule has 146 valence electrons. The third-order valence-corrected chi connectivity index (χ3v) is 4.75. The van der Waals surface area contributed by atoms with Gasteiger partial charge in [-0.15, -0.1) is 0 Å². The lowest BCUT2D eigenvalue weighted by atomic mass is 10.1. The summed E-state index contributed by atoms with van der Waals surface area (Å²) in [5.41, 5.74) is 3.43. The van der Waals surface area contributed by atoms with Crippen molar-refractivity contribution < 1.29 is 9.47 Å². The van der Waals surface area contributed by atoms with E-state index in [1.807, 2.05) is 55.5 Å². The summed E-state index contributed by atoms with van der Waals surface area (Å²) in [4.78, 5) is 0. The van der Waals surface area contributed by atoms with E-state index in [0.29, 0.717) is 30.5 Å². The van der Waals surface area contributed by atoms with Crippen LogP contribution in [-0.2, 0) is 19.6 Å². The van der Waals surface area contributed by atoms with Gasteiger partial charge in [0.2, 0.25) is 0 Å². The van der Waals surface area contributed by atoms with Crippen LogP contribution in [0.3, 0.4) is 0 Å². The SMILES string of the molecule is CCOc1cc(CNCCc2ccccc2)c(Cl)cc1OCc1ccccc1. The first kappa shape index (κ1) is 20.2. The minimum atomic E-state index is 0.478. The average molecular weight is 396 g/mol. The zero-order valence-electron chi connectivity index (χ0n) is 16.2. The molecule has 0 saturated carbocycles. The van der Waals surface area contributed by atoms with Crippen LogP contribution < -0.4 is 14.8 Å². The zero-order chi connectivity index (χ0) is 19.6. The molecule has 3 aromatic carbocycles. The van der Waals surface area contributed by atoms with Gasteiger partial charge in [0.15, 0.2) is 11.5 Å². The minimum Gasteiger partial charge on any atom is -0.490 e. The predicted molar refractivity (Wildman–Crippen MR) is 115 cm³/mol. The molecule has 0 spiro atoms. The minimum absolute atomic E-state index is 0.478. The molecule has 0 heterocycles. The van der Waals surface area contributed by atoms with Gasteiger partial charge < -0.3 is 14.8 Å². The Labute approximate surface area is 172 Å². The van der Waals surface area contributed by atoms with Gasteiger partial charge in [-0.2, -0.15) is 0 Å². The molecular formula is C24H26ClNO2. The Balaban J connectivity index is 1.61. The summed E-state index contributed by atoms with van der Waals surface area (Å²) in [7, 11) is 0. The molecule has 3 nitrogen and oxygen atoms in total. The van der Waals surface area contributed by atoms with Crippen LogP contribution in [0.25, 0.3) is 0 Å². The number of hydrogen-bond acceptors (Lipinski definition) is 3. The standard InChI is InChI=1S/C24H26ClNO2/c1-2-27-23-15-21(17-26-14-13-19-9-5-3-6-10-19)22(25)16-24(23)28-18-20-11-7-4-8-12-20/h3-12,15-16,26H,2,13-14,17-18H2,1H3. The van der Waals surface area contributed by atoms with Gasteiger partial charge in [0.1, 0.15) is 6.61 Å². The van der Waals surface area contributed by atoms with Crippen molar-refractivity contribution in [2.75, 3.05) is 13.2 Å². The van der Waals surface area contributed by atoms with Gasteiger partial charge in [-0.25, -0.2) is 0 Å². The van der Waals surface area contributed by atoms with Crippen molar-refractivity contribution in [1.29, 1.82) is 0 Å². The van der Waals surface area contributed by atoms with E-state index in [4.69, 9.17) is 21.1 Å². The predicted octanol–water partition coefficient (Wildman–Crippen LogP) is 5.65. The number of halogens is 1. The van der Waals surface area contributed by atoms with E-state index < -0.39 is 0 Å². The molecule has 0 atom stereocenters. The summed E-state index contributed by atoms with van der Waals surface area (Å²) in [6, 6.07) is 24.3. The zero-order valence-corrected chi connectivity index (χ0v) is 16.9. The van der Waals surface area contributed by atoms with Crippen LogP contribution in [0.1, 0.15) is 23.6 Å². The molecule has 0 aromatic heterocycles. The Morgan fingerprint density at radius 3 is 2.14 bits per heavy atom. The van der Waals surface area contributed by atoms with E-state index in [2.05, 4.69) is 29.6 Å². The second-order valence-electron chi connectivity index (χ2n) is 6.51. The molecule has 0 amide bonds. The summed E-state index contributed by atoms with van der Waals surface area (Å²) in [6.07, 6.45) is 0.981. The Bertz CT molecular complexity index is 853. The second kappa shape index (κ2) is 10.7. The summed E-state index contributed by atoms with van der Waals surface area (Å²) in [6.45, 7) is 4.59. The fraction of sp³-hybridized carbons (Fsp3) is 0.250. The van der Waals surface area contributed by atoms with Crippen molar-refractivity contribution in [2.45, 2.75) is 26.5 Å². The fourth-order valence-electron chi connectivity index (χ4n) is 2.93. The number of rotatable bonds is 10. The van der Waals surface area contributed by atoms with Gasteiger partial charge in [0.25, 0.3) is 0 Å². The maximum Gasteiger partial charge on any atom is 0.163 e. The number of benzene rings is 3. The van der Waals surface area contributed by atoms with E-state index in [0.717, 1.165) is 29.8 Å². The number of nitrogens with one attached hydrogen (secondary N) is 1. The molecule has 28 heavy (non-hydrogen) atoms. The first-order valence-corrected chi connectivity index (χ1v) is 10.0. The molecule has 3 rings (SSSR count). The highest BCUT2D eigenvalue weighted by atomic mass is 35.5. The monoisotopic (exact) mass is 395 g/mol. The van der Waals surface area contributed by atoms with Crippen LogP contribution in [0.15, 0.2) is 72.8 Å². The highest BCUT2D eigenvalue weighted by Crippen LogP contribution is 2.34. The topological polar surface area (TPSA) is 30.5 Å². The van der Waals surface area contributed by atoms with Gasteiger partial charge in [0.05, 0.1) is 6.61 Å². The molecule has 4 heteroatoms. The molecule has 0 bridgehead atoms. The largest absolute Gasteiger partial charge is 0.490 e. The van der Waals surface area contributed by atoms with Crippen LogP contribution in [0.5, 0.6) is 11.5 Å². The van der Waals surface area contributed by atoms with Crippen LogP contribution >= 0.6 is 11.6 Å². The van der Waals surface area contributed by atoms with Crippen LogP contribution in [0, 0.1) is 0 Å². The van der Waals surface area contributed by atoms with Gasteiger partial charge in [0, 0.05) is 17.6 Å². The summed E-state index contributed by atoms with van der Waals surface area (Å²) in [5, 5.41) is 4.14. The smallest absolute Gasteiger partial charge is 0.163 e. The van der Waals surface area contributed by atoms with E-state index >= 15 is 0 Å². The van der Waals surface area contributed by atoms with Crippen LogP contribution in [0.2, 0.25) is 5.02 Å². The van der Waals surface area contributed by atoms with Crippen molar-refractivity contribution >= 4 is 11.6 Å². The van der Waals surface area contributed by atoms with E-state index in [1.54, 1.807) is 0 Å². The van der Waals surface area contributed by atoms with Crippen LogP contribution in [-0.4, -0.2) is 13.2 Å². The van der Waals surface area contributed by atoms with Gasteiger partial charge >= 0.3 is 0 Å². The van der Waals surface area contributed by atoms with Crippen LogP contribution in [0.4, 0.5) is 0 Å². The molecule has 3 aromatic rings. The molecule has 1 N–H and O–H groups in total. The van der Waals surface area contributed by atoms with E-state index in [-0.39, 0.29) is 0 Å². The average Bonchev–Trinajstić information content (AvgIpc) is 2.73. The van der Waals surface area contributed by atoms with Crippen molar-refractivity contribution in [3.05, 3.63) is 94.5 Å². The molecular weight excluding hydrogens is 370 g/mol. The van der Waals surface area contributed by atoms with Crippen molar-refractivity contribution in [1.82, 2.24) is 5.32 Å². The van der Waals surface area contributed by atoms with Crippen molar-refractivity contribution in [2.24, 2.45) is 0 Å². The molecule has 0 aliphatic heterocycles.